The number of hydrogen-bond acceptors (Lipinski definition) is 4. The number of alkyl halides is 3. The first-order chi connectivity index (χ1) is 12.7. The Bertz CT molecular complexity index is 762. The van der Waals surface area contributed by atoms with Gasteiger partial charge in [-0.3, -0.25) is 0 Å². The Balaban J connectivity index is 2.13. The van der Waals surface area contributed by atoms with Crippen LogP contribution in [0.3, 0.4) is 0 Å². The minimum absolute atomic E-state index is 0.249. The van der Waals surface area contributed by atoms with Crippen LogP contribution in [0.1, 0.15) is 5.56 Å². The van der Waals surface area contributed by atoms with Gasteiger partial charge in [-0.1, -0.05) is 30.3 Å². The SMILES string of the molecule is COc1cc(NC(=O)NCC(O)(c2ccccc2)C(F)(F)F)cc(OC)c1. The third-order valence-electron chi connectivity index (χ3n) is 3.83. The van der Waals surface area contributed by atoms with E-state index in [0.717, 1.165) is 12.1 Å². The largest absolute Gasteiger partial charge is 0.497 e. The van der Waals surface area contributed by atoms with Crippen molar-refractivity contribution in [2.24, 2.45) is 0 Å². The van der Waals surface area contributed by atoms with E-state index in [9.17, 15) is 23.1 Å². The van der Waals surface area contributed by atoms with Gasteiger partial charge in [0.05, 0.1) is 20.8 Å². The molecule has 27 heavy (non-hydrogen) atoms. The number of methoxy groups -OCH3 is 2. The van der Waals surface area contributed by atoms with Gasteiger partial charge in [0.1, 0.15) is 11.5 Å². The average Bonchev–Trinajstić information content (AvgIpc) is 2.65. The summed E-state index contributed by atoms with van der Waals surface area (Å²) in [5, 5.41) is 14.6. The van der Waals surface area contributed by atoms with Crippen LogP contribution in [0.2, 0.25) is 0 Å². The monoisotopic (exact) mass is 384 g/mol. The van der Waals surface area contributed by atoms with Crippen LogP contribution >= 0.6 is 0 Å². The number of ether oxygens (including phenoxy) is 2. The van der Waals surface area contributed by atoms with Crippen LogP contribution in [0.4, 0.5) is 23.7 Å². The summed E-state index contributed by atoms with van der Waals surface area (Å²) in [4.78, 5) is 12.0. The van der Waals surface area contributed by atoms with Gasteiger partial charge >= 0.3 is 12.2 Å². The van der Waals surface area contributed by atoms with Gasteiger partial charge in [0.2, 0.25) is 5.60 Å². The molecule has 9 heteroatoms. The number of carbonyl (C=O) groups excluding carboxylic acids is 1. The van der Waals surface area contributed by atoms with E-state index in [1.807, 2.05) is 0 Å². The van der Waals surface area contributed by atoms with Gasteiger partial charge in [-0.05, 0) is 5.56 Å². The van der Waals surface area contributed by atoms with Crippen molar-refractivity contribution in [1.29, 1.82) is 0 Å². The molecule has 146 valence electrons. The Labute approximate surface area is 153 Å². The molecule has 2 amide bonds. The standard InChI is InChI=1S/C18H19F3N2O4/c1-26-14-8-13(9-15(10-14)27-2)23-16(24)22-11-17(25,18(19,20)21)12-6-4-3-5-7-12/h3-10,25H,11H2,1-2H3,(H2,22,23,24). The average molecular weight is 384 g/mol. The highest BCUT2D eigenvalue weighted by Gasteiger charge is 2.55. The molecular weight excluding hydrogens is 365 g/mol. The maximum Gasteiger partial charge on any atom is 0.423 e. The van der Waals surface area contributed by atoms with E-state index in [1.54, 1.807) is 6.07 Å². The summed E-state index contributed by atoms with van der Waals surface area (Å²) in [7, 11) is 2.84. The number of anilines is 1. The maximum absolute atomic E-state index is 13.4. The molecule has 0 radical (unpaired) electrons. The van der Waals surface area contributed by atoms with Gasteiger partial charge < -0.3 is 25.2 Å². The van der Waals surface area contributed by atoms with Gasteiger partial charge in [-0.2, -0.15) is 13.2 Å². The quantitative estimate of drug-likeness (QED) is 0.714. The Hall–Kier alpha value is -2.94. The number of aliphatic hydroxyl groups is 1. The highest BCUT2D eigenvalue weighted by atomic mass is 19.4. The van der Waals surface area contributed by atoms with Crippen LogP contribution in [0.5, 0.6) is 11.5 Å². The molecule has 0 fully saturated rings. The summed E-state index contributed by atoms with van der Waals surface area (Å²) in [6, 6.07) is 10.1. The van der Waals surface area contributed by atoms with Crippen molar-refractivity contribution in [1.82, 2.24) is 5.32 Å². The van der Waals surface area contributed by atoms with Crippen molar-refractivity contribution in [2.75, 3.05) is 26.1 Å². The minimum Gasteiger partial charge on any atom is -0.497 e. The van der Waals surface area contributed by atoms with Crippen molar-refractivity contribution < 1.29 is 32.5 Å². The molecule has 0 aliphatic heterocycles. The predicted molar refractivity (Wildman–Crippen MR) is 93.0 cm³/mol. The summed E-state index contributed by atoms with van der Waals surface area (Å²) in [6.45, 7) is -1.06. The molecule has 1 atom stereocenters. The number of urea groups is 1. The molecule has 2 aromatic carbocycles. The van der Waals surface area contributed by atoms with E-state index < -0.39 is 24.4 Å². The Morgan fingerprint density at radius 2 is 1.59 bits per heavy atom. The van der Waals surface area contributed by atoms with E-state index in [0.29, 0.717) is 11.5 Å². The summed E-state index contributed by atoms with van der Waals surface area (Å²) in [5.41, 5.74) is -3.35. The highest BCUT2D eigenvalue weighted by Crippen LogP contribution is 2.38. The van der Waals surface area contributed by atoms with Crippen molar-refractivity contribution in [3.63, 3.8) is 0 Å². The third kappa shape index (κ3) is 4.82. The molecule has 3 N–H and O–H groups in total. The maximum atomic E-state index is 13.4. The van der Waals surface area contributed by atoms with E-state index in [2.05, 4.69) is 10.6 Å². The predicted octanol–water partition coefficient (Wildman–Crippen LogP) is 3.28. The van der Waals surface area contributed by atoms with Crippen molar-refractivity contribution in [3.05, 3.63) is 54.1 Å². The zero-order valence-electron chi connectivity index (χ0n) is 14.6. The fourth-order valence-corrected chi connectivity index (χ4v) is 2.34. The van der Waals surface area contributed by atoms with E-state index in [1.165, 1.54) is 44.6 Å². The molecule has 2 rings (SSSR count). The third-order valence-corrected chi connectivity index (χ3v) is 3.83. The van der Waals surface area contributed by atoms with Gasteiger partial charge in [-0.25, -0.2) is 4.79 Å². The second kappa shape index (κ2) is 8.17. The van der Waals surface area contributed by atoms with Crippen LogP contribution < -0.4 is 20.1 Å². The van der Waals surface area contributed by atoms with Gasteiger partial charge in [0.15, 0.2) is 0 Å². The molecule has 1 unspecified atom stereocenters. The normalized spacial score (nSPS) is 13.4. The molecule has 0 aliphatic carbocycles. The zero-order chi connectivity index (χ0) is 20.1. The number of hydrogen-bond donors (Lipinski definition) is 3. The first-order valence-corrected chi connectivity index (χ1v) is 7.82. The summed E-state index contributed by atoms with van der Waals surface area (Å²) < 4.78 is 50.3. The van der Waals surface area contributed by atoms with Gasteiger partial charge in [0.25, 0.3) is 0 Å². The van der Waals surface area contributed by atoms with Gasteiger partial charge in [-0.15, -0.1) is 0 Å². The number of carbonyl (C=O) groups is 1. The first kappa shape index (κ1) is 20.4. The van der Waals surface area contributed by atoms with Gasteiger partial charge in [0, 0.05) is 23.9 Å². The summed E-state index contributed by atoms with van der Waals surface area (Å²) in [6.07, 6.45) is -4.99. The lowest BCUT2D eigenvalue weighted by Crippen LogP contribution is -2.51. The second-order valence-electron chi connectivity index (χ2n) is 5.63. The molecular formula is C18H19F3N2O4. The van der Waals surface area contributed by atoms with Crippen LogP contribution in [-0.4, -0.2) is 38.1 Å². The number of benzene rings is 2. The van der Waals surface area contributed by atoms with Crippen molar-refractivity contribution >= 4 is 11.7 Å². The summed E-state index contributed by atoms with van der Waals surface area (Å²) in [5.74, 6) is 0.779. The second-order valence-corrected chi connectivity index (χ2v) is 5.63. The Morgan fingerprint density at radius 3 is 2.07 bits per heavy atom. The smallest absolute Gasteiger partial charge is 0.423 e. The zero-order valence-corrected chi connectivity index (χ0v) is 14.6. The molecule has 0 saturated carbocycles. The molecule has 6 nitrogen and oxygen atoms in total. The minimum atomic E-state index is -4.99. The highest BCUT2D eigenvalue weighted by molar-refractivity contribution is 5.89. The molecule has 0 aliphatic rings. The fourth-order valence-electron chi connectivity index (χ4n) is 2.34. The van der Waals surface area contributed by atoms with E-state index in [-0.39, 0.29) is 11.3 Å². The number of rotatable bonds is 6. The molecule has 2 aromatic rings. The Kier molecular flexibility index (Phi) is 6.17. The number of halogens is 3. The van der Waals surface area contributed by atoms with Crippen LogP contribution in [0.15, 0.2) is 48.5 Å². The topological polar surface area (TPSA) is 79.8 Å². The Morgan fingerprint density at radius 1 is 1.04 bits per heavy atom. The molecule has 0 heterocycles. The molecule has 0 spiro atoms. The summed E-state index contributed by atoms with van der Waals surface area (Å²) >= 11 is 0. The van der Waals surface area contributed by atoms with Crippen molar-refractivity contribution in [3.8, 4) is 11.5 Å². The van der Waals surface area contributed by atoms with Crippen LogP contribution in [0, 0.1) is 0 Å². The lowest BCUT2D eigenvalue weighted by molar-refractivity contribution is -0.263. The number of nitrogens with one attached hydrogen (secondary N) is 2. The molecule has 0 bridgehead atoms. The van der Waals surface area contributed by atoms with Crippen LogP contribution in [-0.2, 0) is 5.60 Å². The van der Waals surface area contributed by atoms with Crippen molar-refractivity contribution in [2.45, 2.75) is 11.8 Å². The molecule has 0 aromatic heterocycles. The molecule has 0 saturated heterocycles. The first-order valence-electron chi connectivity index (χ1n) is 7.82. The fraction of sp³-hybridized carbons (Fsp3) is 0.278. The lowest BCUT2D eigenvalue weighted by atomic mass is 9.93. The lowest BCUT2D eigenvalue weighted by Gasteiger charge is -2.31. The van der Waals surface area contributed by atoms with Crippen LogP contribution in [0.25, 0.3) is 0 Å². The van der Waals surface area contributed by atoms with E-state index in [4.69, 9.17) is 9.47 Å². The van der Waals surface area contributed by atoms with E-state index >= 15 is 0 Å². The number of amides is 2.